The molecule has 0 saturated heterocycles. The number of carboxylic acids is 1. The molecular weight excluding hydrogens is 212 g/mol. The maximum absolute atomic E-state index is 11.5. The molecular formula is C10H16N2O4. The Morgan fingerprint density at radius 2 is 2.19 bits per heavy atom. The van der Waals surface area contributed by atoms with E-state index in [0.717, 1.165) is 0 Å². The van der Waals surface area contributed by atoms with Gasteiger partial charge in [0.05, 0.1) is 13.2 Å². The van der Waals surface area contributed by atoms with Gasteiger partial charge in [-0.2, -0.15) is 0 Å². The third kappa shape index (κ3) is 4.66. The number of carbonyl (C=O) groups is 2. The molecule has 1 atom stereocenters. The zero-order valence-corrected chi connectivity index (χ0v) is 9.14. The smallest absolute Gasteiger partial charge is 0.328 e. The molecule has 0 saturated carbocycles. The highest BCUT2D eigenvalue weighted by atomic mass is 16.4. The van der Waals surface area contributed by atoms with Crippen molar-refractivity contribution >= 4 is 12.0 Å². The number of aliphatic carboxylic acids is 1. The number of hydrogen-bond acceptors (Lipinski definition) is 3. The first-order valence-corrected chi connectivity index (χ1v) is 4.89. The molecule has 0 aliphatic rings. The lowest BCUT2D eigenvalue weighted by molar-refractivity contribution is -0.140. The number of nitrogens with zero attached hydrogens (tertiary/aromatic N) is 1. The highest BCUT2D eigenvalue weighted by Crippen LogP contribution is 1.94. The minimum Gasteiger partial charge on any atom is -0.480 e. The van der Waals surface area contributed by atoms with E-state index in [1.807, 2.05) is 6.92 Å². The predicted octanol–water partition coefficient (Wildman–Crippen LogP) is -0.513. The molecule has 0 rings (SSSR count). The van der Waals surface area contributed by atoms with Crippen LogP contribution in [0.25, 0.3) is 0 Å². The first-order valence-electron chi connectivity index (χ1n) is 4.89. The van der Waals surface area contributed by atoms with E-state index in [-0.39, 0.29) is 6.54 Å². The van der Waals surface area contributed by atoms with E-state index < -0.39 is 24.6 Å². The normalized spacial score (nSPS) is 11.3. The van der Waals surface area contributed by atoms with Gasteiger partial charge >= 0.3 is 12.0 Å². The van der Waals surface area contributed by atoms with E-state index in [9.17, 15) is 9.59 Å². The summed E-state index contributed by atoms with van der Waals surface area (Å²) in [7, 11) is 0. The molecule has 0 unspecified atom stereocenters. The van der Waals surface area contributed by atoms with Crippen molar-refractivity contribution in [2.75, 3.05) is 19.7 Å². The number of hydrogen-bond donors (Lipinski definition) is 3. The summed E-state index contributed by atoms with van der Waals surface area (Å²) in [6, 6.07) is -1.88. The number of carbonyl (C=O) groups excluding carboxylic acids is 1. The van der Waals surface area contributed by atoms with E-state index in [1.165, 1.54) is 4.90 Å². The van der Waals surface area contributed by atoms with Gasteiger partial charge in [0.1, 0.15) is 0 Å². The second kappa shape index (κ2) is 7.54. The minimum atomic E-state index is -1.30. The monoisotopic (exact) mass is 228 g/mol. The summed E-state index contributed by atoms with van der Waals surface area (Å²) in [6.45, 7) is 1.76. The van der Waals surface area contributed by atoms with Gasteiger partial charge in [0.15, 0.2) is 6.04 Å². The van der Waals surface area contributed by atoms with Crippen LogP contribution in [0, 0.1) is 12.3 Å². The lowest BCUT2D eigenvalue weighted by Gasteiger charge is -2.22. The molecule has 2 amide bonds. The molecule has 0 aromatic carbocycles. The third-order valence-electron chi connectivity index (χ3n) is 1.84. The second-order valence-corrected chi connectivity index (χ2v) is 3.15. The Bertz CT molecular complexity index is 285. The number of carboxylic acid groups (broad SMARTS) is 1. The number of urea groups is 1. The summed E-state index contributed by atoms with van der Waals surface area (Å²) in [5.41, 5.74) is 0. The molecule has 0 fully saturated rings. The van der Waals surface area contributed by atoms with Gasteiger partial charge in [0, 0.05) is 6.54 Å². The summed E-state index contributed by atoms with van der Waals surface area (Å²) < 4.78 is 0. The average molecular weight is 228 g/mol. The summed E-state index contributed by atoms with van der Waals surface area (Å²) >= 11 is 0. The minimum absolute atomic E-state index is 0.109. The predicted molar refractivity (Wildman–Crippen MR) is 57.7 cm³/mol. The highest BCUT2D eigenvalue weighted by Gasteiger charge is 2.21. The van der Waals surface area contributed by atoms with Crippen LogP contribution in [0.15, 0.2) is 0 Å². The SMILES string of the molecule is C#CCN(CCC)C(=O)N[C@@H](CO)C(=O)O. The van der Waals surface area contributed by atoms with Crippen molar-refractivity contribution in [2.24, 2.45) is 0 Å². The molecule has 0 aliphatic carbocycles. The first kappa shape index (κ1) is 14.3. The quantitative estimate of drug-likeness (QED) is 0.534. The van der Waals surface area contributed by atoms with Crippen LogP contribution in [0.1, 0.15) is 13.3 Å². The van der Waals surface area contributed by atoms with Crippen molar-refractivity contribution in [3.8, 4) is 12.3 Å². The Morgan fingerprint density at radius 3 is 2.56 bits per heavy atom. The molecule has 6 nitrogen and oxygen atoms in total. The summed E-state index contributed by atoms with van der Waals surface area (Å²) in [6.07, 6.45) is 5.80. The summed E-state index contributed by atoms with van der Waals surface area (Å²) in [4.78, 5) is 23.4. The van der Waals surface area contributed by atoms with Crippen LogP contribution in [0.4, 0.5) is 4.79 Å². The molecule has 0 aliphatic heterocycles. The lowest BCUT2D eigenvalue weighted by atomic mass is 10.3. The number of aliphatic hydroxyl groups is 1. The van der Waals surface area contributed by atoms with E-state index in [0.29, 0.717) is 13.0 Å². The van der Waals surface area contributed by atoms with Gasteiger partial charge in [-0.05, 0) is 6.42 Å². The van der Waals surface area contributed by atoms with Gasteiger partial charge < -0.3 is 20.4 Å². The van der Waals surface area contributed by atoms with Gasteiger partial charge in [-0.1, -0.05) is 12.8 Å². The Labute approximate surface area is 94.2 Å². The molecule has 16 heavy (non-hydrogen) atoms. The van der Waals surface area contributed by atoms with E-state index in [2.05, 4.69) is 11.2 Å². The van der Waals surface area contributed by atoms with Crippen LogP contribution < -0.4 is 5.32 Å². The summed E-state index contributed by atoms with van der Waals surface area (Å²) in [5.74, 6) is 1.02. The van der Waals surface area contributed by atoms with Crippen molar-refractivity contribution in [1.82, 2.24) is 10.2 Å². The Balaban J connectivity index is 4.39. The van der Waals surface area contributed by atoms with Gasteiger partial charge in [0.2, 0.25) is 0 Å². The van der Waals surface area contributed by atoms with Gasteiger partial charge in [-0.15, -0.1) is 6.42 Å². The molecule has 3 N–H and O–H groups in total. The molecule has 0 radical (unpaired) electrons. The van der Waals surface area contributed by atoms with Crippen molar-refractivity contribution in [3.63, 3.8) is 0 Å². The molecule has 0 bridgehead atoms. The van der Waals surface area contributed by atoms with Gasteiger partial charge in [-0.25, -0.2) is 9.59 Å². The average Bonchev–Trinajstić information content (AvgIpc) is 2.24. The standard InChI is InChI=1S/C10H16N2O4/c1-3-5-12(6-4-2)10(16)11-8(7-13)9(14)15/h1,8,13H,4-7H2,2H3,(H,11,16)(H,14,15)/t8-/m0/s1. The summed E-state index contributed by atoms with van der Waals surface area (Å²) in [5, 5.41) is 19.5. The number of amides is 2. The fourth-order valence-corrected chi connectivity index (χ4v) is 1.06. The van der Waals surface area contributed by atoms with Crippen molar-refractivity contribution in [1.29, 1.82) is 0 Å². The molecule has 0 aromatic rings. The van der Waals surface area contributed by atoms with E-state index >= 15 is 0 Å². The van der Waals surface area contributed by atoms with Gasteiger partial charge in [-0.3, -0.25) is 0 Å². The van der Waals surface area contributed by atoms with Crippen molar-refractivity contribution in [2.45, 2.75) is 19.4 Å². The topological polar surface area (TPSA) is 89.9 Å². The second-order valence-electron chi connectivity index (χ2n) is 3.15. The molecule has 0 heterocycles. The fourth-order valence-electron chi connectivity index (χ4n) is 1.06. The van der Waals surface area contributed by atoms with Gasteiger partial charge in [0.25, 0.3) is 0 Å². The third-order valence-corrected chi connectivity index (χ3v) is 1.84. The van der Waals surface area contributed by atoms with Crippen LogP contribution in [-0.2, 0) is 4.79 Å². The van der Waals surface area contributed by atoms with E-state index in [1.54, 1.807) is 0 Å². The number of nitrogens with one attached hydrogen (secondary N) is 1. The first-order chi connectivity index (χ1) is 7.56. The zero-order chi connectivity index (χ0) is 12.6. The number of terminal acetylenes is 1. The van der Waals surface area contributed by atoms with Crippen LogP contribution in [0.3, 0.4) is 0 Å². The molecule has 6 heteroatoms. The highest BCUT2D eigenvalue weighted by molar-refractivity contribution is 5.82. The maximum atomic E-state index is 11.5. The molecule has 0 spiro atoms. The largest absolute Gasteiger partial charge is 0.480 e. The van der Waals surface area contributed by atoms with E-state index in [4.69, 9.17) is 16.6 Å². The van der Waals surface area contributed by atoms with Crippen LogP contribution in [0.5, 0.6) is 0 Å². The van der Waals surface area contributed by atoms with Crippen molar-refractivity contribution in [3.05, 3.63) is 0 Å². The zero-order valence-electron chi connectivity index (χ0n) is 9.14. The molecule has 90 valence electrons. The van der Waals surface area contributed by atoms with Crippen LogP contribution >= 0.6 is 0 Å². The van der Waals surface area contributed by atoms with Crippen LogP contribution in [-0.4, -0.2) is 52.9 Å². The lowest BCUT2D eigenvalue weighted by Crippen LogP contribution is -2.49. The molecule has 0 aromatic heterocycles. The number of aliphatic hydroxyl groups excluding tert-OH is 1. The van der Waals surface area contributed by atoms with Crippen LogP contribution in [0.2, 0.25) is 0 Å². The Kier molecular flexibility index (Phi) is 6.72. The Hall–Kier alpha value is -1.74. The number of rotatable bonds is 6. The maximum Gasteiger partial charge on any atom is 0.328 e. The fraction of sp³-hybridized carbons (Fsp3) is 0.600. The van der Waals surface area contributed by atoms with Crippen molar-refractivity contribution < 1.29 is 19.8 Å². The Morgan fingerprint density at radius 1 is 1.56 bits per heavy atom.